The van der Waals surface area contributed by atoms with Gasteiger partial charge in [-0.15, -0.1) is 0 Å². The van der Waals surface area contributed by atoms with Gasteiger partial charge < -0.3 is 30.4 Å². The van der Waals surface area contributed by atoms with Crippen LogP contribution in [0.1, 0.15) is 31.4 Å². The fourth-order valence-corrected chi connectivity index (χ4v) is 3.94. The average Bonchev–Trinajstić information content (AvgIpc) is 3.36. The van der Waals surface area contributed by atoms with Crippen LogP contribution in [0.2, 0.25) is 0 Å². The van der Waals surface area contributed by atoms with Gasteiger partial charge in [0.2, 0.25) is 12.7 Å². The Labute approximate surface area is 219 Å². The first-order valence-electron chi connectivity index (χ1n) is 12.0. The summed E-state index contributed by atoms with van der Waals surface area (Å²) in [6, 6.07) is 15.7. The van der Waals surface area contributed by atoms with Gasteiger partial charge in [0.05, 0.1) is 11.4 Å². The number of aromatic hydroxyl groups is 1. The summed E-state index contributed by atoms with van der Waals surface area (Å²) in [6.45, 7) is 1.95. The third-order valence-corrected chi connectivity index (χ3v) is 5.95. The summed E-state index contributed by atoms with van der Waals surface area (Å²) < 4.78 is 30.4. The number of anilines is 3. The molecule has 10 heteroatoms. The highest BCUT2D eigenvalue weighted by Crippen LogP contribution is 2.35. The summed E-state index contributed by atoms with van der Waals surface area (Å²) in [6.07, 6.45) is 2.54. The number of carbonyl (C=O) groups is 2. The Morgan fingerprint density at radius 3 is 2.68 bits per heavy atom. The summed E-state index contributed by atoms with van der Waals surface area (Å²) in [4.78, 5) is 25.0. The number of nitrogen functional groups attached to an aromatic ring is 1. The van der Waals surface area contributed by atoms with Gasteiger partial charge in [-0.3, -0.25) is 10.1 Å². The number of amides is 2. The van der Waals surface area contributed by atoms with E-state index in [0.29, 0.717) is 47.0 Å². The van der Waals surface area contributed by atoms with E-state index >= 15 is 0 Å². The molecular weight excluding hydrogens is 493 g/mol. The van der Waals surface area contributed by atoms with E-state index < -0.39 is 23.8 Å². The number of nitrogens with one attached hydrogen (secondary N) is 2. The van der Waals surface area contributed by atoms with Crippen LogP contribution in [-0.4, -0.2) is 23.9 Å². The molecule has 2 amide bonds. The smallest absolute Gasteiger partial charge is 0.412 e. The quantitative estimate of drug-likeness (QED) is 0.208. The molecule has 0 aliphatic carbocycles. The Morgan fingerprint density at radius 2 is 1.89 bits per heavy atom. The molecule has 5 N–H and O–H groups in total. The van der Waals surface area contributed by atoms with Gasteiger partial charge in [-0.05, 0) is 66.8 Å². The molecule has 198 valence electrons. The summed E-state index contributed by atoms with van der Waals surface area (Å²) in [7, 11) is 0. The number of allylic oxidation sites excluding steroid dienone is 1. The van der Waals surface area contributed by atoms with Crippen molar-refractivity contribution in [2.24, 2.45) is 5.92 Å². The van der Waals surface area contributed by atoms with Crippen molar-refractivity contribution >= 4 is 29.1 Å². The number of hydrogen-bond acceptors (Lipinski definition) is 7. The Hall–Kier alpha value is -4.73. The summed E-state index contributed by atoms with van der Waals surface area (Å²) in [5.74, 6) is -0.844. The monoisotopic (exact) mass is 521 g/mol. The topological polar surface area (TPSA) is 132 Å². The third kappa shape index (κ3) is 6.73. The summed E-state index contributed by atoms with van der Waals surface area (Å²) in [5, 5.41) is 15.0. The SMILES string of the molecule is C[C@@H](CC/C=C/C(=O)Nc1ccccc1N)[C@@H](OC(=O)Nc1ccc2c(c1)OCO2)c1ccc(O)c(F)c1. The van der Waals surface area contributed by atoms with Gasteiger partial charge in [0.15, 0.2) is 23.1 Å². The molecule has 0 saturated carbocycles. The molecule has 0 radical (unpaired) electrons. The van der Waals surface area contributed by atoms with Crippen molar-refractivity contribution < 1.29 is 33.3 Å². The maximum Gasteiger partial charge on any atom is 0.412 e. The zero-order chi connectivity index (χ0) is 27.1. The minimum atomic E-state index is -0.828. The Bertz CT molecular complexity index is 1350. The molecule has 0 unspecified atom stereocenters. The first-order valence-corrected chi connectivity index (χ1v) is 12.0. The second-order valence-electron chi connectivity index (χ2n) is 8.76. The number of nitrogens with two attached hydrogens (primary N) is 1. The van der Waals surface area contributed by atoms with Crippen LogP contribution in [0.25, 0.3) is 0 Å². The molecular formula is C28H28FN3O6. The molecule has 0 aromatic heterocycles. The largest absolute Gasteiger partial charge is 0.505 e. The third-order valence-electron chi connectivity index (χ3n) is 5.95. The molecule has 3 aromatic carbocycles. The number of phenolic OH excluding ortho intramolecular Hbond substituents is 1. The number of carbonyl (C=O) groups excluding carboxylic acids is 2. The highest BCUT2D eigenvalue weighted by molar-refractivity contribution is 6.01. The maximum absolute atomic E-state index is 14.1. The van der Waals surface area contributed by atoms with Gasteiger partial charge in [-0.2, -0.15) is 0 Å². The molecule has 1 aliphatic rings. The lowest BCUT2D eigenvalue weighted by molar-refractivity contribution is -0.111. The standard InChI is InChI=1S/C28H28FN3O6/c1-17(6-2-5-9-26(34)32-22-8-4-3-7-21(22)30)27(18-10-12-23(33)20(29)14-18)38-28(35)31-19-11-13-24-25(15-19)37-16-36-24/h3-5,7-15,17,27,33H,2,6,16,30H2,1H3,(H,31,35)(H,32,34)/b9-5+/t17-,27+/m0/s1. The maximum atomic E-state index is 14.1. The van der Waals surface area contributed by atoms with Crippen LogP contribution in [-0.2, 0) is 9.53 Å². The van der Waals surface area contributed by atoms with Crippen LogP contribution < -0.4 is 25.8 Å². The number of halogens is 1. The van der Waals surface area contributed by atoms with E-state index in [9.17, 15) is 19.1 Å². The lowest BCUT2D eigenvalue weighted by atomic mass is 9.93. The first-order chi connectivity index (χ1) is 18.3. The molecule has 0 fully saturated rings. The number of ether oxygens (including phenoxy) is 3. The second-order valence-corrected chi connectivity index (χ2v) is 8.76. The molecule has 0 bridgehead atoms. The minimum Gasteiger partial charge on any atom is -0.505 e. The fourth-order valence-electron chi connectivity index (χ4n) is 3.94. The van der Waals surface area contributed by atoms with E-state index in [1.54, 1.807) is 48.5 Å². The summed E-state index contributed by atoms with van der Waals surface area (Å²) >= 11 is 0. The minimum absolute atomic E-state index is 0.103. The fraction of sp³-hybridized carbons (Fsp3) is 0.214. The Morgan fingerprint density at radius 1 is 1.11 bits per heavy atom. The lowest BCUT2D eigenvalue weighted by Gasteiger charge is -2.25. The van der Waals surface area contributed by atoms with Crippen LogP contribution in [0.15, 0.2) is 72.8 Å². The van der Waals surface area contributed by atoms with Gasteiger partial charge in [-0.25, -0.2) is 9.18 Å². The lowest BCUT2D eigenvalue weighted by Crippen LogP contribution is -2.22. The highest BCUT2D eigenvalue weighted by Gasteiger charge is 2.25. The highest BCUT2D eigenvalue weighted by atomic mass is 19.1. The zero-order valence-electron chi connectivity index (χ0n) is 20.6. The first kappa shape index (κ1) is 26.3. The van der Waals surface area contributed by atoms with Crippen molar-refractivity contribution in [1.82, 2.24) is 0 Å². The molecule has 38 heavy (non-hydrogen) atoms. The molecule has 9 nitrogen and oxygen atoms in total. The van der Waals surface area contributed by atoms with E-state index in [-0.39, 0.29) is 18.6 Å². The predicted molar refractivity (Wildman–Crippen MR) is 140 cm³/mol. The van der Waals surface area contributed by atoms with E-state index in [1.807, 2.05) is 6.92 Å². The Balaban J connectivity index is 1.39. The van der Waals surface area contributed by atoms with E-state index in [2.05, 4.69) is 10.6 Å². The second kappa shape index (κ2) is 12.0. The van der Waals surface area contributed by atoms with Crippen LogP contribution in [0.5, 0.6) is 17.2 Å². The Kier molecular flexibility index (Phi) is 8.32. The number of para-hydroxylation sites is 2. The van der Waals surface area contributed by atoms with Crippen molar-refractivity contribution in [2.75, 3.05) is 23.2 Å². The molecule has 1 aliphatic heterocycles. The van der Waals surface area contributed by atoms with Gasteiger partial charge in [-0.1, -0.05) is 31.2 Å². The number of phenols is 1. The van der Waals surface area contributed by atoms with Crippen LogP contribution in [0.4, 0.5) is 26.2 Å². The van der Waals surface area contributed by atoms with E-state index in [1.165, 1.54) is 18.2 Å². The molecule has 0 spiro atoms. The normalized spacial score (nSPS) is 13.6. The van der Waals surface area contributed by atoms with Gasteiger partial charge in [0.25, 0.3) is 0 Å². The number of rotatable bonds is 9. The molecule has 2 atom stereocenters. The molecule has 4 rings (SSSR count). The van der Waals surface area contributed by atoms with Crippen LogP contribution in [0.3, 0.4) is 0 Å². The van der Waals surface area contributed by atoms with E-state index in [0.717, 1.165) is 6.07 Å². The molecule has 0 saturated heterocycles. The molecule has 1 heterocycles. The number of benzene rings is 3. The van der Waals surface area contributed by atoms with Crippen molar-refractivity contribution in [3.05, 3.63) is 84.2 Å². The van der Waals surface area contributed by atoms with Crippen LogP contribution >= 0.6 is 0 Å². The number of fused-ring (bicyclic) bond motifs is 1. The van der Waals surface area contributed by atoms with Gasteiger partial charge in [0.1, 0.15) is 6.10 Å². The van der Waals surface area contributed by atoms with Gasteiger partial charge >= 0.3 is 6.09 Å². The van der Waals surface area contributed by atoms with E-state index in [4.69, 9.17) is 19.9 Å². The predicted octanol–water partition coefficient (Wildman–Crippen LogP) is 5.74. The van der Waals surface area contributed by atoms with Crippen molar-refractivity contribution in [3.8, 4) is 17.2 Å². The average molecular weight is 522 g/mol. The van der Waals surface area contributed by atoms with Crippen molar-refractivity contribution in [2.45, 2.75) is 25.9 Å². The van der Waals surface area contributed by atoms with Crippen LogP contribution in [0, 0.1) is 11.7 Å². The summed E-state index contributed by atoms with van der Waals surface area (Å²) in [5.41, 5.74) is 7.65. The van der Waals surface area contributed by atoms with Crippen molar-refractivity contribution in [3.63, 3.8) is 0 Å². The zero-order valence-corrected chi connectivity index (χ0v) is 20.6. The van der Waals surface area contributed by atoms with Crippen molar-refractivity contribution in [1.29, 1.82) is 0 Å². The molecule has 3 aromatic rings. The number of hydrogen-bond donors (Lipinski definition) is 4. The van der Waals surface area contributed by atoms with Gasteiger partial charge in [0, 0.05) is 11.8 Å².